The van der Waals surface area contributed by atoms with E-state index in [1.165, 1.54) is 0 Å². The van der Waals surface area contributed by atoms with Gasteiger partial charge in [0, 0.05) is 18.1 Å². The lowest BCUT2D eigenvalue weighted by atomic mass is 10.0. The molecule has 0 saturated carbocycles. The van der Waals surface area contributed by atoms with Gasteiger partial charge in [-0.05, 0) is 42.3 Å². The summed E-state index contributed by atoms with van der Waals surface area (Å²) in [5.74, 6) is 1.43. The molecule has 2 atom stereocenters. The van der Waals surface area contributed by atoms with Crippen molar-refractivity contribution in [2.45, 2.75) is 19.1 Å². The van der Waals surface area contributed by atoms with E-state index in [1.54, 1.807) is 7.11 Å². The highest BCUT2D eigenvalue weighted by atomic mass is 35.5. The monoisotopic (exact) mass is 383 g/mol. The highest BCUT2D eigenvalue weighted by Crippen LogP contribution is 2.34. The maximum atomic E-state index is 6.32. The fraction of sp³-hybridized carbons (Fsp3) is 0.368. The van der Waals surface area contributed by atoms with Crippen molar-refractivity contribution in [3.05, 3.63) is 58.6 Å². The van der Waals surface area contributed by atoms with Gasteiger partial charge >= 0.3 is 0 Å². The molecule has 3 rings (SSSR count). The van der Waals surface area contributed by atoms with Crippen LogP contribution >= 0.6 is 24.0 Å². The van der Waals surface area contributed by atoms with Gasteiger partial charge in [-0.15, -0.1) is 12.4 Å². The Morgan fingerprint density at radius 1 is 1.16 bits per heavy atom. The maximum absolute atomic E-state index is 6.32. The molecular formula is C19H23Cl2NO3. The highest BCUT2D eigenvalue weighted by Gasteiger charge is 2.28. The Morgan fingerprint density at radius 2 is 1.92 bits per heavy atom. The number of morpholine rings is 1. The number of nitrogens with one attached hydrogen (secondary N) is 1. The summed E-state index contributed by atoms with van der Waals surface area (Å²) in [5.41, 5.74) is 2.15. The largest absolute Gasteiger partial charge is 0.493 e. The molecule has 1 saturated heterocycles. The smallest absolute Gasteiger partial charge is 0.162 e. The summed E-state index contributed by atoms with van der Waals surface area (Å²) in [4.78, 5) is 0. The third-order valence-corrected chi connectivity index (χ3v) is 4.32. The van der Waals surface area contributed by atoms with E-state index in [1.807, 2.05) is 49.4 Å². The average molecular weight is 384 g/mol. The van der Waals surface area contributed by atoms with Crippen LogP contribution in [0.5, 0.6) is 11.5 Å². The molecule has 0 amide bonds. The van der Waals surface area contributed by atoms with Crippen LogP contribution in [0.25, 0.3) is 0 Å². The molecule has 0 aliphatic carbocycles. The van der Waals surface area contributed by atoms with Gasteiger partial charge < -0.3 is 19.5 Å². The van der Waals surface area contributed by atoms with Crippen molar-refractivity contribution in [2.75, 3.05) is 26.8 Å². The number of hydrogen-bond acceptors (Lipinski definition) is 4. The second-order valence-electron chi connectivity index (χ2n) is 5.86. The van der Waals surface area contributed by atoms with E-state index in [0.717, 1.165) is 30.0 Å². The molecule has 6 heteroatoms. The first-order chi connectivity index (χ1) is 11.7. The van der Waals surface area contributed by atoms with Crippen molar-refractivity contribution in [2.24, 2.45) is 0 Å². The molecule has 1 heterocycles. The van der Waals surface area contributed by atoms with Gasteiger partial charge in [0.2, 0.25) is 0 Å². The van der Waals surface area contributed by atoms with Gasteiger partial charge in [0.25, 0.3) is 0 Å². The van der Waals surface area contributed by atoms with Crippen molar-refractivity contribution < 1.29 is 14.2 Å². The predicted molar refractivity (Wildman–Crippen MR) is 102 cm³/mol. The number of halogens is 2. The first-order valence-electron chi connectivity index (χ1n) is 8.06. The molecule has 2 aromatic rings. The summed E-state index contributed by atoms with van der Waals surface area (Å²) in [6, 6.07) is 13.6. The maximum Gasteiger partial charge on any atom is 0.162 e. The van der Waals surface area contributed by atoms with Crippen LogP contribution in [0.3, 0.4) is 0 Å². The van der Waals surface area contributed by atoms with Crippen LogP contribution in [0, 0.1) is 6.92 Å². The molecular weight excluding hydrogens is 361 g/mol. The van der Waals surface area contributed by atoms with Gasteiger partial charge in [0.1, 0.15) is 6.10 Å². The van der Waals surface area contributed by atoms with E-state index in [4.69, 9.17) is 25.8 Å². The Kier molecular flexibility index (Phi) is 7.38. The first-order valence-corrected chi connectivity index (χ1v) is 8.44. The number of rotatable bonds is 5. The van der Waals surface area contributed by atoms with Crippen molar-refractivity contribution >= 4 is 24.0 Å². The second-order valence-corrected chi connectivity index (χ2v) is 6.29. The van der Waals surface area contributed by atoms with Crippen LogP contribution in [0.1, 0.15) is 17.2 Å². The SMILES string of the molecule is COc1cc(C)ccc1O[C@@H](c1ccc(Cl)cc1)[C@@H]1CNCCO1.Cl. The molecule has 1 aliphatic heterocycles. The van der Waals surface area contributed by atoms with Gasteiger partial charge in [-0.1, -0.05) is 29.8 Å². The average Bonchev–Trinajstić information content (AvgIpc) is 2.62. The normalized spacial score (nSPS) is 18.1. The molecule has 0 bridgehead atoms. The van der Waals surface area contributed by atoms with E-state index in [0.29, 0.717) is 17.4 Å². The van der Waals surface area contributed by atoms with Crippen molar-refractivity contribution in [3.63, 3.8) is 0 Å². The minimum atomic E-state index is -0.244. The van der Waals surface area contributed by atoms with Gasteiger partial charge in [-0.25, -0.2) is 0 Å². The molecule has 4 nitrogen and oxygen atoms in total. The Hall–Kier alpha value is -1.46. The Bertz CT molecular complexity index is 673. The van der Waals surface area contributed by atoms with Gasteiger partial charge in [0.05, 0.1) is 13.7 Å². The molecule has 1 N–H and O–H groups in total. The zero-order valence-corrected chi connectivity index (χ0v) is 15.9. The van der Waals surface area contributed by atoms with Crippen LogP contribution in [-0.4, -0.2) is 32.9 Å². The highest BCUT2D eigenvalue weighted by molar-refractivity contribution is 6.30. The summed E-state index contributed by atoms with van der Waals surface area (Å²) in [6.07, 6.45) is -0.322. The fourth-order valence-electron chi connectivity index (χ4n) is 2.80. The summed E-state index contributed by atoms with van der Waals surface area (Å²) in [6.45, 7) is 4.29. The van der Waals surface area contributed by atoms with E-state index in [2.05, 4.69) is 5.32 Å². The molecule has 1 aliphatic rings. The summed E-state index contributed by atoms with van der Waals surface area (Å²) >= 11 is 6.02. The molecule has 0 radical (unpaired) electrons. The number of hydrogen-bond donors (Lipinski definition) is 1. The van der Waals surface area contributed by atoms with Gasteiger partial charge in [-0.3, -0.25) is 0 Å². The third-order valence-electron chi connectivity index (χ3n) is 4.07. The van der Waals surface area contributed by atoms with E-state index >= 15 is 0 Å². The van der Waals surface area contributed by atoms with Gasteiger partial charge in [-0.2, -0.15) is 0 Å². The first kappa shape index (κ1) is 19.9. The molecule has 2 aromatic carbocycles. The van der Waals surface area contributed by atoms with E-state index < -0.39 is 0 Å². The molecule has 0 aromatic heterocycles. The number of aryl methyl sites for hydroxylation is 1. The van der Waals surface area contributed by atoms with Crippen molar-refractivity contribution in [1.29, 1.82) is 0 Å². The van der Waals surface area contributed by atoms with Crippen molar-refractivity contribution in [1.82, 2.24) is 5.32 Å². The molecule has 0 spiro atoms. The van der Waals surface area contributed by atoms with E-state index in [-0.39, 0.29) is 24.6 Å². The Balaban J connectivity index is 0.00000225. The predicted octanol–water partition coefficient (Wildman–Crippen LogP) is 4.19. The number of methoxy groups -OCH3 is 1. The van der Waals surface area contributed by atoms with Crippen LogP contribution in [0.4, 0.5) is 0 Å². The zero-order chi connectivity index (χ0) is 16.9. The molecule has 136 valence electrons. The van der Waals surface area contributed by atoms with Crippen LogP contribution in [-0.2, 0) is 4.74 Å². The van der Waals surface area contributed by atoms with Crippen LogP contribution < -0.4 is 14.8 Å². The van der Waals surface area contributed by atoms with Crippen molar-refractivity contribution in [3.8, 4) is 11.5 Å². The third kappa shape index (κ3) is 5.02. The van der Waals surface area contributed by atoms with Crippen LogP contribution in [0.15, 0.2) is 42.5 Å². The minimum Gasteiger partial charge on any atom is -0.493 e. The standard InChI is InChI=1S/C19H22ClNO3.ClH/c1-13-3-8-16(17(11-13)22-2)24-19(18-12-21-9-10-23-18)14-4-6-15(20)7-5-14;/h3-8,11,18-19,21H,9-10,12H2,1-2H3;1H/t18-,19-;/m0./s1. The Morgan fingerprint density at radius 3 is 2.56 bits per heavy atom. The lowest BCUT2D eigenvalue weighted by Crippen LogP contribution is -2.43. The number of ether oxygens (including phenoxy) is 3. The van der Waals surface area contributed by atoms with Gasteiger partial charge in [0.15, 0.2) is 17.6 Å². The summed E-state index contributed by atoms with van der Waals surface area (Å²) < 4.78 is 17.7. The Labute approximate surface area is 159 Å². The topological polar surface area (TPSA) is 39.7 Å². The summed E-state index contributed by atoms with van der Waals surface area (Å²) in [7, 11) is 1.65. The lowest BCUT2D eigenvalue weighted by Gasteiger charge is -2.32. The minimum absolute atomic E-state index is 0. The second kappa shape index (κ2) is 9.30. The molecule has 25 heavy (non-hydrogen) atoms. The molecule has 1 fully saturated rings. The lowest BCUT2D eigenvalue weighted by molar-refractivity contribution is -0.0438. The fourth-order valence-corrected chi connectivity index (χ4v) is 2.93. The summed E-state index contributed by atoms with van der Waals surface area (Å²) in [5, 5.41) is 4.06. The van der Waals surface area contributed by atoms with E-state index in [9.17, 15) is 0 Å². The zero-order valence-electron chi connectivity index (χ0n) is 14.3. The number of benzene rings is 2. The quantitative estimate of drug-likeness (QED) is 0.839. The molecule has 0 unspecified atom stereocenters. The van der Waals surface area contributed by atoms with Crippen LogP contribution in [0.2, 0.25) is 5.02 Å².